The molecule has 4 nitrogen and oxygen atoms in total. The van der Waals surface area contributed by atoms with Crippen LogP contribution in [-0.4, -0.2) is 24.1 Å². The van der Waals surface area contributed by atoms with Gasteiger partial charge < -0.3 is 15.5 Å². The van der Waals surface area contributed by atoms with Gasteiger partial charge in [-0.15, -0.1) is 0 Å². The Kier molecular flexibility index (Phi) is 4.55. The highest BCUT2D eigenvalue weighted by Crippen LogP contribution is 2.20. The summed E-state index contributed by atoms with van der Waals surface area (Å²) in [6, 6.07) is 0. The van der Waals surface area contributed by atoms with Crippen molar-refractivity contribution in [3.05, 3.63) is 22.5 Å². The third-order valence-electron chi connectivity index (χ3n) is 2.70. The molecule has 4 heteroatoms. The Labute approximate surface area is 96.2 Å². The lowest BCUT2D eigenvalue weighted by atomic mass is 10.1. The zero-order valence-electron chi connectivity index (χ0n) is 10.2. The van der Waals surface area contributed by atoms with Gasteiger partial charge in [-0.05, 0) is 51.3 Å². The molecule has 0 spiro atoms. The lowest BCUT2D eigenvalue weighted by molar-refractivity contribution is 0.0519. The number of hydrogen-bond acceptors (Lipinski definition) is 3. The molecule has 1 aromatic heterocycles. The van der Waals surface area contributed by atoms with Gasteiger partial charge >= 0.3 is 5.97 Å². The molecule has 1 rings (SSSR count). The molecule has 0 saturated carbocycles. The molecule has 1 heterocycles. The van der Waals surface area contributed by atoms with Crippen LogP contribution in [0.4, 0.5) is 0 Å². The van der Waals surface area contributed by atoms with Crippen molar-refractivity contribution < 1.29 is 9.53 Å². The van der Waals surface area contributed by atoms with E-state index in [9.17, 15) is 4.79 Å². The fourth-order valence-corrected chi connectivity index (χ4v) is 1.85. The van der Waals surface area contributed by atoms with E-state index in [1.807, 2.05) is 13.8 Å². The average Bonchev–Trinajstić information content (AvgIpc) is 2.53. The van der Waals surface area contributed by atoms with Crippen molar-refractivity contribution >= 4 is 5.97 Å². The van der Waals surface area contributed by atoms with Gasteiger partial charge in [-0.3, -0.25) is 0 Å². The van der Waals surface area contributed by atoms with Gasteiger partial charge in [0.15, 0.2) is 0 Å². The predicted molar refractivity (Wildman–Crippen MR) is 63.6 cm³/mol. The molecule has 0 radical (unpaired) electrons. The van der Waals surface area contributed by atoms with Crippen molar-refractivity contribution in [1.29, 1.82) is 0 Å². The Bertz CT molecular complexity index is 369. The van der Waals surface area contributed by atoms with Gasteiger partial charge in [0, 0.05) is 5.69 Å². The van der Waals surface area contributed by atoms with Gasteiger partial charge in [0.25, 0.3) is 0 Å². The molecule has 0 amide bonds. The highest BCUT2D eigenvalue weighted by molar-refractivity contribution is 5.89. The van der Waals surface area contributed by atoms with E-state index in [4.69, 9.17) is 10.5 Å². The number of carbonyl (C=O) groups is 1. The number of carbonyl (C=O) groups excluding carboxylic acids is 1. The van der Waals surface area contributed by atoms with E-state index in [1.165, 1.54) is 5.56 Å². The second-order valence-electron chi connectivity index (χ2n) is 3.84. The highest BCUT2D eigenvalue weighted by atomic mass is 16.5. The van der Waals surface area contributed by atoms with Crippen LogP contribution in [0.5, 0.6) is 0 Å². The fraction of sp³-hybridized carbons (Fsp3) is 0.583. The first-order chi connectivity index (χ1) is 7.61. The molecule has 0 aliphatic heterocycles. The largest absolute Gasteiger partial charge is 0.461 e. The Morgan fingerprint density at radius 3 is 2.69 bits per heavy atom. The summed E-state index contributed by atoms with van der Waals surface area (Å²) in [7, 11) is 0. The SMILES string of the molecule is CCOC(=O)c1[nH]c(C)c(CCCN)c1C. The van der Waals surface area contributed by atoms with Crippen molar-refractivity contribution in [3.8, 4) is 0 Å². The summed E-state index contributed by atoms with van der Waals surface area (Å²) in [6.45, 7) is 6.79. The van der Waals surface area contributed by atoms with Gasteiger partial charge in [-0.25, -0.2) is 4.79 Å². The molecular formula is C12H20N2O2. The van der Waals surface area contributed by atoms with Gasteiger partial charge in [0.2, 0.25) is 0 Å². The van der Waals surface area contributed by atoms with Crippen LogP contribution in [0, 0.1) is 13.8 Å². The van der Waals surface area contributed by atoms with Gasteiger partial charge in [0.05, 0.1) is 6.61 Å². The van der Waals surface area contributed by atoms with Crippen LogP contribution in [0.3, 0.4) is 0 Å². The Hall–Kier alpha value is -1.29. The number of esters is 1. The van der Waals surface area contributed by atoms with Crippen molar-refractivity contribution in [2.45, 2.75) is 33.6 Å². The lowest BCUT2D eigenvalue weighted by Crippen LogP contribution is -2.07. The summed E-state index contributed by atoms with van der Waals surface area (Å²) in [5.74, 6) is -0.276. The molecule has 0 saturated heterocycles. The predicted octanol–water partition coefficient (Wildman–Crippen LogP) is 1.70. The molecule has 0 aliphatic carbocycles. The zero-order chi connectivity index (χ0) is 12.1. The summed E-state index contributed by atoms with van der Waals surface area (Å²) < 4.78 is 4.99. The monoisotopic (exact) mass is 224 g/mol. The molecule has 0 unspecified atom stereocenters. The van der Waals surface area contributed by atoms with Crippen LogP contribution in [0.15, 0.2) is 0 Å². The summed E-state index contributed by atoms with van der Waals surface area (Å²) in [5, 5.41) is 0. The maximum Gasteiger partial charge on any atom is 0.355 e. The normalized spacial score (nSPS) is 10.5. The summed E-state index contributed by atoms with van der Waals surface area (Å²) in [4.78, 5) is 14.7. The molecule has 3 N–H and O–H groups in total. The maximum atomic E-state index is 11.6. The standard InChI is InChI=1S/C12H20N2O2/c1-4-16-12(15)11-8(2)10(6-5-7-13)9(3)14-11/h14H,4-7,13H2,1-3H3. The number of ether oxygens (including phenoxy) is 1. The number of nitrogens with two attached hydrogens (primary N) is 1. The van der Waals surface area contributed by atoms with E-state index in [2.05, 4.69) is 4.98 Å². The molecule has 0 bridgehead atoms. The van der Waals surface area contributed by atoms with Crippen molar-refractivity contribution in [2.24, 2.45) is 5.73 Å². The van der Waals surface area contributed by atoms with Crippen molar-refractivity contribution in [1.82, 2.24) is 4.98 Å². The van der Waals surface area contributed by atoms with Crippen LogP contribution in [0.2, 0.25) is 0 Å². The van der Waals surface area contributed by atoms with E-state index >= 15 is 0 Å². The third kappa shape index (κ3) is 2.64. The molecule has 16 heavy (non-hydrogen) atoms. The Morgan fingerprint density at radius 1 is 1.44 bits per heavy atom. The second-order valence-corrected chi connectivity index (χ2v) is 3.84. The number of aromatic nitrogens is 1. The molecule has 0 aromatic carbocycles. The first kappa shape index (κ1) is 12.8. The number of hydrogen-bond donors (Lipinski definition) is 2. The number of H-pyrrole nitrogens is 1. The van der Waals surface area contributed by atoms with Crippen LogP contribution in [0.25, 0.3) is 0 Å². The molecule has 0 atom stereocenters. The van der Waals surface area contributed by atoms with E-state index in [0.717, 1.165) is 24.1 Å². The molecule has 1 aromatic rings. The smallest absolute Gasteiger partial charge is 0.355 e. The van der Waals surface area contributed by atoms with Crippen LogP contribution in [0.1, 0.15) is 40.7 Å². The molecular weight excluding hydrogens is 204 g/mol. The minimum Gasteiger partial charge on any atom is -0.461 e. The van der Waals surface area contributed by atoms with Gasteiger partial charge in [-0.1, -0.05) is 0 Å². The number of rotatable bonds is 5. The zero-order valence-corrected chi connectivity index (χ0v) is 10.2. The van der Waals surface area contributed by atoms with Gasteiger partial charge in [-0.2, -0.15) is 0 Å². The fourth-order valence-electron chi connectivity index (χ4n) is 1.85. The summed E-state index contributed by atoms with van der Waals surface area (Å²) >= 11 is 0. The van der Waals surface area contributed by atoms with Crippen molar-refractivity contribution in [3.63, 3.8) is 0 Å². The third-order valence-corrected chi connectivity index (χ3v) is 2.70. The van der Waals surface area contributed by atoms with E-state index in [-0.39, 0.29) is 5.97 Å². The lowest BCUT2D eigenvalue weighted by Gasteiger charge is -2.02. The number of aryl methyl sites for hydroxylation is 1. The minimum atomic E-state index is -0.276. The second kappa shape index (κ2) is 5.70. The van der Waals surface area contributed by atoms with Gasteiger partial charge in [0.1, 0.15) is 5.69 Å². The van der Waals surface area contributed by atoms with Crippen LogP contribution in [-0.2, 0) is 11.2 Å². The number of nitrogens with one attached hydrogen (secondary N) is 1. The first-order valence-corrected chi connectivity index (χ1v) is 5.67. The van der Waals surface area contributed by atoms with Crippen LogP contribution >= 0.6 is 0 Å². The number of aromatic amines is 1. The van der Waals surface area contributed by atoms with E-state index < -0.39 is 0 Å². The molecule has 0 fully saturated rings. The first-order valence-electron chi connectivity index (χ1n) is 5.67. The Morgan fingerprint density at radius 2 is 2.12 bits per heavy atom. The Balaban J connectivity index is 2.92. The van der Waals surface area contributed by atoms with Crippen molar-refractivity contribution in [2.75, 3.05) is 13.2 Å². The summed E-state index contributed by atoms with van der Waals surface area (Å²) in [6.07, 6.45) is 1.84. The van der Waals surface area contributed by atoms with E-state index in [1.54, 1.807) is 6.92 Å². The highest BCUT2D eigenvalue weighted by Gasteiger charge is 2.17. The average molecular weight is 224 g/mol. The van der Waals surface area contributed by atoms with E-state index in [0.29, 0.717) is 18.8 Å². The summed E-state index contributed by atoms with van der Waals surface area (Å²) in [5.41, 5.74) is 9.28. The molecule has 90 valence electrons. The molecule has 0 aliphatic rings. The maximum absolute atomic E-state index is 11.6. The minimum absolute atomic E-state index is 0.276. The topological polar surface area (TPSA) is 68.1 Å². The van der Waals surface area contributed by atoms with Crippen LogP contribution < -0.4 is 5.73 Å². The quantitative estimate of drug-likeness (QED) is 0.748.